The van der Waals surface area contributed by atoms with E-state index in [1.54, 1.807) is 17.1 Å². The van der Waals surface area contributed by atoms with Gasteiger partial charge in [-0.1, -0.05) is 65.7 Å². The number of nitrogens with one attached hydrogen (secondary N) is 1. The molecule has 0 saturated carbocycles. The molecule has 3 aromatic carbocycles. The van der Waals surface area contributed by atoms with Gasteiger partial charge in [0.05, 0.1) is 17.2 Å². The van der Waals surface area contributed by atoms with Crippen LogP contribution in [-0.2, 0) is 10.0 Å². The molecule has 3 aromatic rings. The molecule has 2 atom stereocenters. The van der Waals surface area contributed by atoms with E-state index >= 15 is 0 Å². The van der Waals surface area contributed by atoms with Crippen molar-refractivity contribution in [1.82, 2.24) is 15.2 Å². The zero-order valence-corrected chi connectivity index (χ0v) is 23.3. The second-order valence-electron chi connectivity index (χ2n) is 9.68. The molecule has 10 heteroatoms. The second-order valence-corrected chi connectivity index (χ2v) is 12.2. The Balaban J connectivity index is 1.52. The predicted octanol–water partition coefficient (Wildman–Crippen LogP) is 5.08. The van der Waals surface area contributed by atoms with Gasteiger partial charge in [-0.15, -0.1) is 4.40 Å². The number of sulfonamides is 1. The fraction of sp³-hybridized carbons (Fsp3) is 0.286. The van der Waals surface area contributed by atoms with Crippen molar-refractivity contribution < 1.29 is 8.42 Å². The lowest BCUT2D eigenvalue weighted by Gasteiger charge is -2.21. The Morgan fingerprint density at radius 3 is 2.26 bits per heavy atom. The molecule has 0 radical (unpaired) electrons. The summed E-state index contributed by atoms with van der Waals surface area (Å²) in [5, 5.41) is 11.0. The number of hydrogen-bond donors (Lipinski definition) is 1. The van der Waals surface area contributed by atoms with Crippen LogP contribution < -0.4 is 5.32 Å². The third kappa shape index (κ3) is 6.21. The van der Waals surface area contributed by atoms with Gasteiger partial charge in [0.25, 0.3) is 10.0 Å². The van der Waals surface area contributed by atoms with E-state index < -0.39 is 10.0 Å². The van der Waals surface area contributed by atoms with Crippen molar-refractivity contribution in [2.75, 3.05) is 33.2 Å². The fourth-order valence-electron chi connectivity index (χ4n) is 4.83. The van der Waals surface area contributed by atoms with Crippen molar-refractivity contribution in [2.24, 2.45) is 15.4 Å². The highest BCUT2D eigenvalue weighted by molar-refractivity contribution is 7.90. The Labute approximate surface area is 233 Å². The predicted molar refractivity (Wildman–Crippen MR) is 154 cm³/mol. The Kier molecular flexibility index (Phi) is 8.04. The van der Waals surface area contributed by atoms with Crippen LogP contribution in [0.1, 0.15) is 23.5 Å². The molecule has 2 heterocycles. The van der Waals surface area contributed by atoms with E-state index in [4.69, 9.17) is 28.3 Å². The molecule has 0 bridgehead atoms. The van der Waals surface area contributed by atoms with E-state index in [1.807, 2.05) is 42.5 Å². The van der Waals surface area contributed by atoms with E-state index in [9.17, 15) is 8.42 Å². The number of hydrazone groups is 1. The molecule has 198 valence electrons. The van der Waals surface area contributed by atoms with Gasteiger partial charge in [-0.25, -0.2) is 5.01 Å². The third-order valence-electron chi connectivity index (χ3n) is 6.86. The molecule has 2 unspecified atom stereocenters. The molecule has 1 N–H and O–H groups in total. The molecule has 0 spiro atoms. The minimum atomic E-state index is -4.01. The van der Waals surface area contributed by atoms with Gasteiger partial charge >= 0.3 is 0 Å². The average molecular weight is 571 g/mol. The van der Waals surface area contributed by atoms with E-state index in [0.29, 0.717) is 29.1 Å². The molecule has 0 amide bonds. The maximum atomic E-state index is 13.3. The van der Waals surface area contributed by atoms with Gasteiger partial charge in [-0.05, 0) is 73.5 Å². The van der Waals surface area contributed by atoms with Gasteiger partial charge < -0.3 is 10.2 Å². The van der Waals surface area contributed by atoms with Crippen LogP contribution in [0.5, 0.6) is 0 Å². The third-order valence-corrected chi connectivity index (χ3v) is 8.64. The number of likely N-dealkylation sites (tertiary alicyclic amines) is 1. The molecule has 5 rings (SSSR count). The van der Waals surface area contributed by atoms with Crippen LogP contribution in [0.4, 0.5) is 0 Å². The Hall–Kier alpha value is -2.91. The van der Waals surface area contributed by atoms with Crippen molar-refractivity contribution in [3.8, 4) is 0 Å². The minimum absolute atomic E-state index is 0.0718. The van der Waals surface area contributed by atoms with Crippen LogP contribution in [0.2, 0.25) is 10.0 Å². The van der Waals surface area contributed by atoms with Gasteiger partial charge in [0.2, 0.25) is 5.96 Å². The van der Waals surface area contributed by atoms with Gasteiger partial charge in [0, 0.05) is 29.1 Å². The van der Waals surface area contributed by atoms with Crippen LogP contribution in [0.3, 0.4) is 0 Å². The number of hydrogen-bond acceptors (Lipinski definition) is 4. The summed E-state index contributed by atoms with van der Waals surface area (Å²) in [4.78, 5) is 2.34. The van der Waals surface area contributed by atoms with Gasteiger partial charge in [0.15, 0.2) is 0 Å². The highest BCUT2D eigenvalue weighted by Gasteiger charge is 2.33. The van der Waals surface area contributed by atoms with Crippen molar-refractivity contribution in [2.45, 2.75) is 17.2 Å². The molecule has 7 nitrogen and oxygen atoms in total. The first-order valence-electron chi connectivity index (χ1n) is 12.5. The molecular formula is C28H29Cl2N5O2S. The summed E-state index contributed by atoms with van der Waals surface area (Å²) < 4.78 is 30.9. The molecule has 2 aliphatic heterocycles. The van der Waals surface area contributed by atoms with Crippen LogP contribution in [0, 0.1) is 5.92 Å². The number of halogens is 2. The molecular weight excluding hydrogens is 541 g/mol. The highest BCUT2D eigenvalue weighted by Crippen LogP contribution is 2.30. The highest BCUT2D eigenvalue weighted by atomic mass is 35.5. The van der Waals surface area contributed by atoms with Crippen LogP contribution >= 0.6 is 23.2 Å². The smallest absolute Gasteiger partial charge is 0.285 e. The minimum Gasteiger partial charge on any atom is -0.354 e. The first-order valence-corrected chi connectivity index (χ1v) is 14.7. The summed E-state index contributed by atoms with van der Waals surface area (Å²) >= 11 is 12.1. The van der Waals surface area contributed by atoms with Crippen LogP contribution in [-0.4, -0.2) is 63.2 Å². The van der Waals surface area contributed by atoms with E-state index in [0.717, 1.165) is 36.3 Å². The lowest BCUT2D eigenvalue weighted by Crippen LogP contribution is -2.41. The first-order chi connectivity index (χ1) is 18.3. The lowest BCUT2D eigenvalue weighted by molar-refractivity contribution is 0.389. The monoisotopic (exact) mass is 569 g/mol. The molecule has 0 aliphatic carbocycles. The topological polar surface area (TPSA) is 77.4 Å². The zero-order valence-electron chi connectivity index (χ0n) is 21.0. The molecule has 2 aliphatic rings. The normalized spacial score (nSPS) is 20.6. The SMILES string of the molecule is CN1CCC(CN/C(=N\S(=O)(=O)c2ccc(Cl)cc2)N2CC(c3ccccc3)C(c3ccc(Cl)cc3)=N2)C1. The molecule has 0 aromatic heterocycles. The van der Waals surface area contributed by atoms with Crippen LogP contribution in [0.15, 0.2) is 93.3 Å². The maximum Gasteiger partial charge on any atom is 0.285 e. The van der Waals surface area contributed by atoms with E-state index in [2.05, 4.69) is 33.8 Å². The maximum absolute atomic E-state index is 13.3. The quantitative estimate of drug-likeness (QED) is 0.330. The van der Waals surface area contributed by atoms with Crippen molar-refractivity contribution in [3.63, 3.8) is 0 Å². The average Bonchev–Trinajstić information content (AvgIpc) is 3.54. The number of rotatable bonds is 6. The first kappa shape index (κ1) is 26.7. The van der Waals surface area contributed by atoms with E-state index in [1.165, 1.54) is 12.1 Å². The van der Waals surface area contributed by atoms with Crippen molar-refractivity contribution >= 4 is 44.9 Å². The number of benzene rings is 3. The lowest BCUT2D eigenvalue weighted by atomic mass is 9.91. The standard InChI is InChI=1S/C28H29Cl2N5O2S/c1-34-16-15-20(18-34)17-31-28(33-38(36,37)25-13-11-24(30)12-14-25)35-19-26(21-5-3-2-4-6-21)27(32-35)22-7-9-23(29)10-8-22/h2-14,20,26H,15-19H2,1H3,(H,31,33). The summed E-state index contributed by atoms with van der Waals surface area (Å²) in [6, 6.07) is 23.6. The zero-order chi connectivity index (χ0) is 26.7. The fourth-order valence-corrected chi connectivity index (χ4v) is 6.06. The summed E-state index contributed by atoms with van der Waals surface area (Å²) in [6.07, 6.45) is 1.03. The van der Waals surface area contributed by atoms with Gasteiger partial charge in [-0.3, -0.25) is 0 Å². The number of nitrogens with zero attached hydrogens (tertiary/aromatic N) is 4. The van der Waals surface area contributed by atoms with Gasteiger partial charge in [0.1, 0.15) is 0 Å². The van der Waals surface area contributed by atoms with E-state index in [-0.39, 0.29) is 16.8 Å². The number of guanidine groups is 1. The molecule has 1 saturated heterocycles. The summed E-state index contributed by atoms with van der Waals surface area (Å²) in [7, 11) is -1.92. The van der Waals surface area contributed by atoms with Crippen molar-refractivity contribution in [3.05, 3.63) is 100 Å². The second kappa shape index (κ2) is 11.5. The summed E-state index contributed by atoms with van der Waals surface area (Å²) in [6.45, 7) is 2.99. The van der Waals surface area contributed by atoms with Gasteiger partial charge in [-0.2, -0.15) is 13.5 Å². The summed E-state index contributed by atoms with van der Waals surface area (Å²) in [5.74, 6) is 0.510. The van der Waals surface area contributed by atoms with Crippen LogP contribution in [0.25, 0.3) is 0 Å². The summed E-state index contributed by atoms with van der Waals surface area (Å²) in [5.41, 5.74) is 2.83. The Morgan fingerprint density at radius 2 is 1.63 bits per heavy atom. The Morgan fingerprint density at radius 1 is 0.974 bits per heavy atom. The molecule has 38 heavy (non-hydrogen) atoms. The molecule has 1 fully saturated rings. The van der Waals surface area contributed by atoms with Crippen molar-refractivity contribution in [1.29, 1.82) is 0 Å². The largest absolute Gasteiger partial charge is 0.354 e. The Bertz CT molecular complexity index is 1430.